The summed E-state index contributed by atoms with van der Waals surface area (Å²) >= 11 is 0. The highest BCUT2D eigenvalue weighted by Crippen LogP contribution is 2.06. The summed E-state index contributed by atoms with van der Waals surface area (Å²) in [6.07, 6.45) is 2.37. The largest absolute Gasteiger partial charge is 0.393 e. The lowest BCUT2D eigenvalue weighted by atomic mass is 10.1. The SMILES string of the molecule is Cn1cc(CCC(O)CCOCC(F)F)cn1. The van der Waals surface area contributed by atoms with Gasteiger partial charge in [0.05, 0.1) is 12.3 Å². The number of hydrogen-bond donors (Lipinski definition) is 1. The second-order valence-corrected chi connectivity index (χ2v) is 3.97. The van der Waals surface area contributed by atoms with Crippen LogP contribution in [0.25, 0.3) is 0 Å². The maximum atomic E-state index is 11.7. The van der Waals surface area contributed by atoms with E-state index in [1.165, 1.54) is 0 Å². The van der Waals surface area contributed by atoms with E-state index >= 15 is 0 Å². The fourth-order valence-corrected chi connectivity index (χ4v) is 1.47. The molecule has 1 heterocycles. The Hall–Kier alpha value is -1.01. The predicted molar refractivity (Wildman–Crippen MR) is 59.0 cm³/mol. The van der Waals surface area contributed by atoms with Crippen LogP contribution in [0.15, 0.2) is 12.4 Å². The first-order chi connectivity index (χ1) is 8.08. The normalized spacial score (nSPS) is 13.2. The van der Waals surface area contributed by atoms with Gasteiger partial charge in [0.2, 0.25) is 0 Å². The van der Waals surface area contributed by atoms with Gasteiger partial charge < -0.3 is 9.84 Å². The molecule has 0 fully saturated rings. The predicted octanol–water partition coefficient (Wildman–Crippen LogP) is 1.39. The molecule has 0 aliphatic rings. The summed E-state index contributed by atoms with van der Waals surface area (Å²) in [6, 6.07) is 0. The lowest BCUT2D eigenvalue weighted by Crippen LogP contribution is -2.13. The van der Waals surface area contributed by atoms with Crippen molar-refractivity contribution >= 4 is 0 Å². The first-order valence-corrected chi connectivity index (χ1v) is 5.59. The van der Waals surface area contributed by atoms with Crippen LogP contribution in [-0.4, -0.2) is 40.6 Å². The van der Waals surface area contributed by atoms with Crippen molar-refractivity contribution in [2.24, 2.45) is 7.05 Å². The molecule has 1 rings (SSSR count). The van der Waals surface area contributed by atoms with Crippen LogP contribution in [0.2, 0.25) is 0 Å². The van der Waals surface area contributed by atoms with E-state index in [4.69, 9.17) is 4.74 Å². The summed E-state index contributed by atoms with van der Waals surface area (Å²) in [7, 11) is 1.83. The lowest BCUT2D eigenvalue weighted by molar-refractivity contribution is 0.00429. The topological polar surface area (TPSA) is 47.3 Å². The van der Waals surface area contributed by atoms with E-state index < -0.39 is 19.1 Å². The highest BCUT2D eigenvalue weighted by atomic mass is 19.3. The molecular formula is C11H18F2N2O2. The fraction of sp³-hybridized carbons (Fsp3) is 0.727. The molecule has 1 N–H and O–H groups in total. The third kappa shape index (κ3) is 6.33. The Morgan fingerprint density at radius 3 is 2.82 bits per heavy atom. The molecule has 0 saturated heterocycles. The number of aromatic nitrogens is 2. The van der Waals surface area contributed by atoms with Crippen LogP contribution < -0.4 is 0 Å². The molecule has 4 nitrogen and oxygen atoms in total. The zero-order valence-corrected chi connectivity index (χ0v) is 9.85. The van der Waals surface area contributed by atoms with E-state index in [1.54, 1.807) is 10.9 Å². The van der Waals surface area contributed by atoms with Crippen molar-refractivity contribution in [1.29, 1.82) is 0 Å². The smallest absolute Gasteiger partial charge is 0.261 e. The van der Waals surface area contributed by atoms with Crippen molar-refractivity contribution in [3.05, 3.63) is 18.0 Å². The molecule has 17 heavy (non-hydrogen) atoms. The van der Waals surface area contributed by atoms with Crippen LogP contribution in [0.4, 0.5) is 8.78 Å². The van der Waals surface area contributed by atoms with Gasteiger partial charge in [0, 0.05) is 19.9 Å². The van der Waals surface area contributed by atoms with E-state index in [0.717, 1.165) is 12.0 Å². The van der Waals surface area contributed by atoms with Crippen LogP contribution in [0, 0.1) is 0 Å². The number of rotatable bonds is 8. The van der Waals surface area contributed by atoms with Gasteiger partial charge in [-0.25, -0.2) is 8.78 Å². The van der Waals surface area contributed by atoms with Crippen molar-refractivity contribution in [3.63, 3.8) is 0 Å². The molecule has 1 unspecified atom stereocenters. The van der Waals surface area contributed by atoms with E-state index in [2.05, 4.69) is 5.10 Å². The molecule has 0 radical (unpaired) electrons. The Balaban J connectivity index is 2.07. The second kappa shape index (κ2) is 7.34. The Morgan fingerprint density at radius 1 is 1.47 bits per heavy atom. The van der Waals surface area contributed by atoms with Crippen LogP contribution in [0.1, 0.15) is 18.4 Å². The van der Waals surface area contributed by atoms with Crippen molar-refractivity contribution in [2.75, 3.05) is 13.2 Å². The van der Waals surface area contributed by atoms with Gasteiger partial charge in [-0.1, -0.05) is 0 Å². The number of hydrogen-bond acceptors (Lipinski definition) is 3. The van der Waals surface area contributed by atoms with Gasteiger partial charge in [0.15, 0.2) is 0 Å². The third-order valence-electron chi connectivity index (χ3n) is 2.36. The van der Waals surface area contributed by atoms with Crippen LogP contribution in [0.3, 0.4) is 0 Å². The molecular weight excluding hydrogens is 230 g/mol. The molecule has 0 aliphatic heterocycles. The minimum Gasteiger partial charge on any atom is -0.393 e. The van der Waals surface area contributed by atoms with E-state index in [9.17, 15) is 13.9 Å². The van der Waals surface area contributed by atoms with Crippen molar-refractivity contribution in [1.82, 2.24) is 9.78 Å². The first kappa shape index (κ1) is 14.1. The maximum absolute atomic E-state index is 11.7. The maximum Gasteiger partial charge on any atom is 0.261 e. The average molecular weight is 248 g/mol. The molecule has 0 saturated carbocycles. The van der Waals surface area contributed by atoms with Crippen LogP contribution in [0.5, 0.6) is 0 Å². The lowest BCUT2D eigenvalue weighted by Gasteiger charge is -2.09. The number of alkyl halides is 2. The monoisotopic (exact) mass is 248 g/mol. The summed E-state index contributed by atoms with van der Waals surface area (Å²) < 4.78 is 29.9. The van der Waals surface area contributed by atoms with Gasteiger partial charge in [-0.3, -0.25) is 4.68 Å². The standard InChI is InChI=1S/C11H18F2N2O2/c1-15-7-9(6-14-15)2-3-10(16)4-5-17-8-11(12)13/h6-7,10-11,16H,2-5,8H2,1H3. The number of halogens is 2. The molecule has 0 spiro atoms. The second-order valence-electron chi connectivity index (χ2n) is 3.97. The minimum atomic E-state index is -2.44. The number of ether oxygens (including phenoxy) is 1. The molecule has 1 atom stereocenters. The molecule has 98 valence electrons. The Bertz CT molecular complexity index is 318. The van der Waals surface area contributed by atoms with Gasteiger partial charge >= 0.3 is 0 Å². The quantitative estimate of drug-likeness (QED) is 0.707. The van der Waals surface area contributed by atoms with Crippen LogP contribution in [-0.2, 0) is 18.2 Å². The van der Waals surface area contributed by atoms with Gasteiger partial charge in [-0.05, 0) is 24.8 Å². The summed E-state index contributed by atoms with van der Waals surface area (Å²) in [5, 5.41) is 13.6. The molecule has 1 aromatic rings. The zero-order chi connectivity index (χ0) is 12.7. The van der Waals surface area contributed by atoms with Crippen LogP contribution >= 0.6 is 0 Å². The van der Waals surface area contributed by atoms with E-state index in [0.29, 0.717) is 12.8 Å². The summed E-state index contributed by atoms with van der Waals surface area (Å²) in [5.41, 5.74) is 1.06. The third-order valence-corrected chi connectivity index (χ3v) is 2.36. The number of nitrogens with zero attached hydrogens (tertiary/aromatic N) is 2. The Morgan fingerprint density at radius 2 is 2.24 bits per heavy atom. The van der Waals surface area contributed by atoms with Crippen molar-refractivity contribution < 1.29 is 18.6 Å². The fourth-order valence-electron chi connectivity index (χ4n) is 1.47. The number of aliphatic hydroxyl groups is 1. The van der Waals surface area contributed by atoms with E-state index in [1.807, 2.05) is 13.2 Å². The molecule has 1 aromatic heterocycles. The summed E-state index contributed by atoms with van der Waals surface area (Å²) in [4.78, 5) is 0. The van der Waals surface area contributed by atoms with Gasteiger partial charge in [0.25, 0.3) is 6.43 Å². The molecule has 0 aliphatic carbocycles. The Labute approximate surface area is 99.2 Å². The highest BCUT2D eigenvalue weighted by molar-refractivity contribution is 5.03. The summed E-state index contributed by atoms with van der Waals surface area (Å²) in [5.74, 6) is 0. The molecule has 0 amide bonds. The Kier molecular flexibility index (Phi) is 6.07. The van der Waals surface area contributed by atoms with Crippen molar-refractivity contribution in [2.45, 2.75) is 31.8 Å². The molecule has 0 aromatic carbocycles. The van der Waals surface area contributed by atoms with Crippen molar-refractivity contribution in [3.8, 4) is 0 Å². The minimum absolute atomic E-state index is 0.165. The zero-order valence-electron chi connectivity index (χ0n) is 9.85. The van der Waals surface area contributed by atoms with Gasteiger partial charge in [-0.15, -0.1) is 0 Å². The van der Waals surface area contributed by atoms with Gasteiger partial charge in [-0.2, -0.15) is 5.10 Å². The highest BCUT2D eigenvalue weighted by Gasteiger charge is 2.07. The molecule has 6 heteroatoms. The molecule has 0 bridgehead atoms. The van der Waals surface area contributed by atoms with E-state index in [-0.39, 0.29) is 6.61 Å². The van der Waals surface area contributed by atoms with Gasteiger partial charge in [0.1, 0.15) is 6.61 Å². The average Bonchev–Trinajstić information content (AvgIpc) is 2.67. The number of aryl methyl sites for hydroxylation is 2. The summed E-state index contributed by atoms with van der Waals surface area (Å²) in [6.45, 7) is -0.395. The first-order valence-electron chi connectivity index (χ1n) is 5.59. The number of aliphatic hydroxyl groups excluding tert-OH is 1.